The minimum absolute atomic E-state index is 0.105. The molecule has 1 aromatic heterocycles. The lowest BCUT2D eigenvalue weighted by molar-refractivity contribution is -0.121. The number of pyridine rings is 1. The molecule has 0 saturated carbocycles. The molecule has 204 valence electrons. The molecule has 1 aliphatic heterocycles. The Bertz CT molecular complexity index is 1430. The molecule has 11 heteroatoms. The summed E-state index contributed by atoms with van der Waals surface area (Å²) >= 11 is 12.2. The summed E-state index contributed by atoms with van der Waals surface area (Å²) in [7, 11) is 3.08. The third-order valence-corrected chi connectivity index (χ3v) is 6.98. The van der Waals surface area contributed by atoms with Gasteiger partial charge in [0.1, 0.15) is 17.3 Å². The molecule has 0 saturated heterocycles. The largest absolute Gasteiger partial charge is 0.495 e. The van der Waals surface area contributed by atoms with E-state index in [2.05, 4.69) is 25.9 Å². The van der Waals surface area contributed by atoms with Crippen LogP contribution in [0.25, 0.3) is 0 Å². The van der Waals surface area contributed by atoms with Crippen LogP contribution in [-0.4, -0.2) is 37.0 Å². The molecule has 0 unspecified atom stereocenters. The van der Waals surface area contributed by atoms with Crippen molar-refractivity contribution in [2.45, 2.75) is 38.9 Å². The van der Waals surface area contributed by atoms with Gasteiger partial charge in [-0.3, -0.25) is 20.1 Å². The fourth-order valence-corrected chi connectivity index (χ4v) is 4.59. The van der Waals surface area contributed by atoms with E-state index in [4.69, 9.17) is 32.7 Å². The van der Waals surface area contributed by atoms with Gasteiger partial charge in [-0.1, -0.05) is 35.3 Å². The van der Waals surface area contributed by atoms with Gasteiger partial charge in [0, 0.05) is 11.8 Å². The molecule has 0 fully saturated rings. The smallest absolute Gasteiger partial charge is 0.320 e. The lowest BCUT2D eigenvalue weighted by atomic mass is 10.1. The quantitative estimate of drug-likeness (QED) is 0.347. The van der Waals surface area contributed by atoms with Crippen molar-refractivity contribution in [2.75, 3.05) is 14.2 Å². The van der Waals surface area contributed by atoms with E-state index in [-0.39, 0.29) is 24.4 Å². The van der Waals surface area contributed by atoms with Gasteiger partial charge in [-0.2, -0.15) is 0 Å². The Morgan fingerprint density at radius 3 is 2.10 bits per heavy atom. The number of nitrogens with one attached hydrogen (secondary N) is 3. The zero-order chi connectivity index (χ0) is 28.1. The van der Waals surface area contributed by atoms with Crippen LogP contribution in [0.3, 0.4) is 0 Å². The summed E-state index contributed by atoms with van der Waals surface area (Å²) in [4.78, 5) is 34.2. The highest BCUT2D eigenvalue weighted by atomic mass is 35.5. The summed E-state index contributed by atoms with van der Waals surface area (Å²) < 4.78 is 10.5. The van der Waals surface area contributed by atoms with Crippen LogP contribution in [0.5, 0.6) is 11.5 Å². The highest BCUT2D eigenvalue weighted by molar-refractivity contribution is 6.32. The van der Waals surface area contributed by atoms with Crippen LogP contribution in [-0.2, 0) is 17.8 Å². The van der Waals surface area contributed by atoms with Crippen molar-refractivity contribution in [3.05, 3.63) is 86.7 Å². The average Bonchev–Trinajstić information content (AvgIpc) is 3.30. The number of carbonyl (C=O) groups excluding carboxylic acids is 2. The van der Waals surface area contributed by atoms with Gasteiger partial charge in [-0.05, 0) is 60.9 Å². The van der Waals surface area contributed by atoms with Gasteiger partial charge in [-0.15, -0.1) is 0 Å². The summed E-state index contributed by atoms with van der Waals surface area (Å²) in [5.41, 5.74) is 3.93. The van der Waals surface area contributed by atoms with E-state index in [1.54, 1.807) is 37.6 Å². The summed E-state index contributed by atoms with van der Waals surface area (Å²) in [6, 6.07) is 11.6. The third-order valence-electron chi connectivity index (χ3n) is 6.36. The van der Waals surface area contributed by atoms with Gasteiger partial charge in [0.05, 0.1) is 55.0 Å². The van der Waals surface area contributed by atoms with Gasteiger partial charge < -0.3 is 20.1 Å². The highest BCUT2D eigenvalue weighted by Gasteiger charge is 2.21. The maximum absolute atomic E-state index is 12.7. The number of hydrogen-bond acceptors (Lipinski definition) is 6. The predicted octanol–water partition coefficient (Wildman–Crippen LogP) is 5.15. The van der Waals surface area contributed by atoms with Gasteiger partial charge >= 0.3 is 6.03 Å². The van der Waals surface area contributed by atoms with E-state index in [0.29, 0.717) is 39.6 Å². The number of urea groups is 1. The van der Waals surface area contributed by atoms with Gasteiger partial charge in [0.2, 0.25) is 5.91 Å². The fourth-order valence-electron chi connectivity index (χ4n) is 4.20. The van der Waals surface area contributed by atoms with Crippen LogP contribution in [0.1, 0.15) is 53.9 Å². The lowest BCUT2D eigenvalue weighted by Crippen LogP contribution is -2.40. The minimum atomic E-state index is -0.403. The molecule has 0 radical (unpaired) electrons. The highest BCUT2D eigenvalue weighted by Crippen LogP contribution is 2.29. The number of nitrogens with zero attached hydrogens (tertiary/aromatic N) is 2. The van der Waals surface area contributed by atoms with Crippen molar-refractivity contribution in [1.82, 2.24) is 20.9 Å². The molecule has 3 aromatic rings. The summed E-state index contributed by atoms with van der Waals surface area (Å²) in [5.74, 6) is 1.34. The van der Waals surface area contributed by atoms with Crippen LogP contribution in [0.4, 0.5) is 4.79 Å². The van der Waals surface area contributed by atoms with Gasteiger partial charge in [-0.25, -0.2) is 4.79 Å². The molecular formula is C28H29Cl2N5O4. The molecular weight excluding hydrogens is 541 g/mol. The van der Waals surface area contributed by atoms with E-state index in [0.717, 1.165) is 22.3 Å². The number of aliphatic imine (C=N–C) groups is 1. The molecule has 3 N–H and O–H groups in total. The fraction of sp³-hybridized carbons (Fsp3) is 0.286. The summed E-state index contributed by atoms with van der Waals surface area (Å²) in [6.45, 7) is 4.13. The minimum Gasteiger partial charge on any atom is -0.495 e. The number of carbonyl (C=O) groups is 2. The molecule has 1 aliphatic rings. The number of methoxy groups -OCH3 is 2. The Morgan fingerprint density at radius 1 is 0.923 bits per heavy atom. The van der Waals surface area contributed by atoms with E-state index >= 15 is 0 Å². The molecule has 0 spiro atoms. The first-order chi connectivity index (χ1) is 18.7. The number of amides is 3. The van der Waals surface area contributed by atoms with Crippen LogP contribution >= 0.6 is 23.2 Å². The number of benzene rings is 2. The zero-order valence-electron chi connectivity index (χ0n) is 22.0. The molecule has 0 aliphatic carbocycles. The Kier molecular flexibility index (Phi) is 8.93. The number of rotatable bonds is 8. The van der Waals surface area contributed by atoms with Gasteiger partial charge in [0.25, 0.3) is 0 Å². The second-order valence-electron chi connectivity index (χ2n) is 9.07. The number of amidine groups is 1. The first-order valence-corrected chi connectivity index (χ1v) is 13.0. The molecule has 2 atom stereocenters. The van der Waals surface area contributed by atoms with E-state index < -0.39 is 6.03 Å². The van der Waals surface area contributed by atoms with Crippen LogP contribution in [0.15, 0.2) is 53.7 Å². The monoisotopic (exact) mass is 569 g/mol. The Labute approximate surface area is 236 Å². The standard InChI is InChI=1S/C28H29Cl2N5O4/c1-15(17-5-7-22(29)24(10-17)38-3)33-26(36)12-20-9-19-13-32-27(21(19)14-31-20)35-28(37)34-16(2)18-6-8-23(30)25(11-18)39-4/h5-11,14-16H,12-13H2,1-4H3,(H,33,36)(H2,32,34,35,37)/t15-,16-/m1/s1. The maximum atomic E-state index is 12.7. The second kappa shape index (κ2) is 12.4. The molecule has 2 aromatic carbocycles. The first-order valence-electron chi connectivity index (χ1n) is 12.2. The van der Waals surface area contributed by atoms with Crippen LogP contribution in [0.2, 0.25) is 10.0 Å². The van der Waals surface area contributed by atoms with Crippen molar-refractivity contribution in [2.24, 2.45) is 4.99 Å². The Hall–Kier alpha value is -3.82. The lowest BCUT2D eigenvalue weighted by Gasteiger charge is -2.17. The second-order valence-corrected chi connectivity index (χ2v) is 9.89. The average molecular weight is 570 g/mol. The molecule has 0 bridgehead atoms. The number of hydrogen-bond donors (Lipinski definition) is 3. The van der Waals surface area contributed by atoms with Crippen molar-refractivity contribution in [3.8, 4) is 11.5 Å². The maximum Gasteiger partial charge on any atom is 0.320 e. The Balaban J connectivity index is 1.33. The topological polar surface area (TPSA) is 114 Å². The number of ether oxygens (including phenoxy) is 2. The summed E-state index contributed by atoms with van der Waals surface area (Å²) in [6.07, 6.45) is 1.73. The normalized spacial score (nSPS) is 13.5. The molecule has 9 nitrogen and oxygen atoms in total. The SMILES string of the molecule is COc1cc([C@@H](C)NC(=O)Cc2cc3c(cn2)C(NC(=O)N[C@H](C)c2ccc(Cl)c(OC)c2)=NC3)ccc1Cl. The summed E-state index contributed by atoms with van der Waals surface area (Å²) in [5, 5.41) is 9.66. The van der Waals surface area contributed by atoms with Crippen molar-refractivity contribution in [3.63, 3.8) is 0 Å². The van der Waals surface area contributed by atoms with Crippen molar-refractivity contribution >= 4 is 41.0 Å². The zero-order valence-corrected chi connectivity index (χ0v) is 23.5. The first kappa shape index (κ1) is 28.2. The third kappa shape index (κ3) is 6.79. The molecule has 39 heavy (non-hydrogen) atoms. The number of aromatic nitrogens is 1. The van der Waals surface area contributed by atoms with Gasteiger partial charge in [0.15, 0.2) is 0 Å². The van der Waals surface area contributed by atoms with E-state index in [1.165, 1.54) is 7.11 Å². The van der Waals surface area contributed by atoms with E-state index in [9.17, 15) is 9.59 Å². The predicted molar refractivity (Wildman–Crippen MR) is 151 cm³/mol. The number of fused-ring (bicyclic) bond motifs is 1. The Morgan fingerprint density at radius 2 is 1.51 bits per heavy atom. The molecule has 4 rings (SSSR count). The van der Waals surface area contributed by atoms with Crippen molar-refractivity contribution < 1.29 is 19.1 Å². The van der Waals surface area contributed by atoms with Crippen molar-refractivity contribution in [1.29, 1.82) is 0 Å². The number of halogens is 2. The molecule has 3 amide bonds. The van der Waals surface area contributed by atoms with Crippen LogP contribution in [0, 0.1) is 0 Å². The van der Waals surface area contributed by atoms with Crippen LogP contribution < -0.4 is 25.4 Å². The van der Waals surface area contributed by atoms with E-state index in [1.807, 2.05) is 32.0 Å². The molecule has 2 heterocycles.